The lowest BCUT2D eigenvalue weighted by atomic mass is 10.0. The molecule has 1 aliphatic rings. The number of hydrogen-bond acceptors (Lipinski definition) is 6. The van der Waals surface area contributed by atoms with Crippen molar-refractivity contribution in [3.63, 3.8) is 0 Å². The third kappa shape index (κ3) is 3.60. The molecule has 4 rings (SSSR count). The highest BCUT2D eigenvalue weighted by atomic mass is 16.5. The first-order valence-electron chi connectivity index (χ1n) is 9.12. The number of hydrogen-bond donors (Lipinski definition) is 1. The lowest BCUT2D eigenvalue weighted by Gasteiger charge is -2.14. The second kappa shape index (κ2) is 7.66. The van der Waals surface area contributed by atoms with E-state index in [1.165, 1.54) is 25.9 Å². The van der Waals surface area contributed by atoms with E-state index in [0.29, 0.717) is 5.95 Å². The van der Waals surface area contributed by atoms with Gasteiger partial charge in [-0.05, 0) is 38.9 Å². The van der Waals surface area contributed by atoms with E-state index in [1.54, 1.807) is 6.20 Å². The summed E-state index contributed by atoms with van der Waals surface area (Å²) in [7, 11) is 0. The molecule has 0 atom stereocenters. The van der Waals surface area contributed by atoms with Crippen LogP contribution in [0.15, 0.2) is 47.1 Å². The number of rotatable bonds is 6. The Morgan fingerprint density at radius 1 is 1.12 bits per heavy atom. The maximum atomic E-state index is 5.59. The van der Waals surface area contributed by atoms with Crippen LogP contribution in [-0.2, 0) is 0 Å². The largest absolute Gasteiger partial charge is 0.355 e. The van der Waals surface area contributed by atoms with Gasteiger partial charge < -0.3 is 14.7 Å². The molecule has 0 radical (unpaired) electrons. The van der Waals surface area contributed by atoms with Crippen molar-refractivity contribution in [3.8, 4) is 22.6 Å². The van der Waals surface area contributed by atoms with Gasteiger partial charge in [-0.25, -0.2) is 9.97 Å². The first-order chi connectivity index (χ1) is 12.8. The van der Waals surface area contributed by atoms with Gasteiger partial charge in [0.05, 0.1) is 17.0 Å². The molecule has 1 saturated heterocycles. The Labute approximate surface area is 153 Å². The van der Waals surface area contributed by atoms with E-state index in [0.717, 1.165) is 41.4 Å². The topological polar surface area (TPSA) is 67.1 Å². The summed E-state index contributed by atoms with van der Waals surface area (Å²) in [5.74, 6) is 1.38. The van der Waals surface area contributed by atoms with E-state index < -0.39 is 0 Å². The minimum atomic E-state index is 0.640. The zero-order valence-corrected chi connectivity index (χ0v) is 15.0. The van der Waals surface area contributed by atoms with Crippen LogP contribution in [0.1, 0.15) is 18.5 Å². The molecule has 1 N–H and O–H groups in total. The molecule has 1 aromatic carbocycles. The molecule has 1 aliphatic heterocycles. The first kappa shape index (κ1) is 16.7. The fourth-order valence-electron chi connectivity index (χ4n) is 3.37. The van der Waals surface area contributed by atoms with Gasteiger partial charge in [0, 0.05) is 24.8 Å². The molecule has 0 aliphatic carbocycles. The molecule has 134 valence electrons. The van der Waals surface area contributed by atoms with Gasteiger partial charge in [0.1, 0.15) is 0 Å². The Morgan fingerprint density at radius 2 is 1.92 bits per heavy atom. The minimum absolute atomic E-state index is 0.640. The summed E-state index contributed by atoms with van der Waals surface area (Å²) in [5.41, 5.74) is 3.55. The fourth-order valence-corrected chi connectivity index (χ4v) is 3.37. The summed E-state index contributed by atoms with van der Waals surface area (Å²) in [6.45, 7) is 6.20. The van der Waals surface area contributed by atoms with E-state index >= 15 is 0 Å². The molecule has 3 aromatic rings. The molecular formula is C20H23N5O. The number of nitrogens with zero attached hydrogens (tertiary/aromatic N) is 4. The van der Waals surface area contributed by atoms with Crippen molar-refractivity contribution in [2.75, 3.05) is 31.5 Å². The first-order valence-corrected chi connectivity index (χ1v) is 9.12. The van der Waals surface area contributed by atoms with E-state index in [4.69, 9.17) is 4.52 Å². The third-order valence-corrected chi connectivity index (χ3v) is 4.72. The van der Waals surface area contributed by atoms with Crippen LogP contribution in [0.5, 0.6) is 0 Å². The van der Waals surface area contributed by atoms with Crippen molar-refractivity contribution in [1.29, 1.82) is 0 Å². The third-order valence-electron chi connectivity index (χ3n) is 4.72. The van der Waals surface area contributed by atoms with Gasteiger partial charge in [-0.15, -0.1) is 0 Å². The summed E-state index contributed by atoms with van der Waals surface area (Å²) in [6.07, 6.45) is 4.39. The molecule has 2 aromatic heterocycles. The predicted molar refractivity (Wildman–Crippen MR) is 102 cm³/mol. The molecular weight excluding hydrogens is 326 g/mol. The summed E-state index contributed by atoms with van der Waals surface area (Å²) >= 11 is 0. The zero-order chi connectivity index (χ0) is 17.8. The van der Waals surface area contributed by atoms with E-state index in [1.807, 2.05) is 43.3 Å². The summed E-state index contributed by atoms with van der Waals surface area (Å²) in [5, 5.41) is 7.49. The molecule has 3 heterocycles. The maximum Gasteiger partial charge on any atom is 0.223 e. The van der Waals surface area contributed by atoms with Gasteiger partial charge in [0.2, 0.25) is 5.95 Å². The average Bonchev–Trinajstić information content (AvgIpc) is 3.32. The SMILES string of the molecule is Cc1noc(-c2ccccc2)c1-c1ccnc(NCCN2CCCC2)n1. The van der Waals surface area contributed by atoms with Crippen LogP contribution in [0.25, 0.3) is 22.6 Å². The monoisotopic (exact) mass is 349 g/mol. The molecule has 0 spiro atoms. The highest BCUT2D eigenvalue weighted by molar-refractivity contribution is 5.79. The Bertz CT molecular complexity index is 856. The second-order valence-electron chi connectivity index (χ2n) is 6.58. The minimum Gasteiger partial charge on any atom is -0.355 e. The quantitative estimate of drug-likeness (QED) is 0.733. The average molecular weight is 349 g/mol. The number of aryl methyl sites for hydroxylation is 1. The number of benzene rings is 1. The number of likely N-dealkylation sites (tertiary alicyclic amines) is 1. The van der Waals surface area contributed by atoms with Crippen molar-refractivity contribution >= 4 is 5.95 Å². The normalized spacial score (nSPS) is 14.7. The van der Waals surface area contributed by atoms with Crippen LogP contribution in [0.3, 0.4) is 0 Å². The molecule has 0 amide bonds. The van der Waals surface area contributed by atoms with Gasteiger partial charge in [0.25, 0.3) is 0 Å². The Hall–Kier alpha value is -2.73. The van der Waals surface area contributed by atoms with Gasteiger partial charge in [-0.3, -0.25) is 0 Å². The molecule has 6 nitrogen and oxygen atoms in total. The van der Waals surface area contributed by atoms with Crippen molar-refractivity contribution in [1.82, 2.24) is 20.0 Å². The molecule has 6 heteroatoms. The van der Waals surface area contributed by atoms with Crippen LogP contribution in [0, 0.1) is 6.92 Å². The molecule has 0 bridgehead atoms. The lowest BCUT2D eigenvalue weighted by molar-refractivity contribution is 0.352. The van der Waals surface area contributed by atoms with Gasteiger partial charge in [-0.1, -0.05) is 35.5 Å². The molecule has 0 saturated carbocycles. The van der Waals surface area contributed by atoms with Crippen molar-refractivity contribution in [2.45, 2.75) is 19.8 Å². The molecule has 1 fully saturated rings. The van der Waals surface area contributed by atoms with E-state index in [2.05, 4.69) is 25.3 Å². The van der Waals surface area contributed by atoms with Crippen LogP contribution in [0.4, 0.5) is 5.95 Å². The molecule has 0 unspecified atom stereocenters. The van der Waals surface area contributed by atoms with Gasteiger partial charge >= 0.3 is 0 Å². The van der Waals surface area contributed by atoms with Gasteiger partial charge in [-0.2, -0.15) is 0 Å². The summed E-state index contributed by atoms with van der Waals surface area (Å²) in [6, 6.07) is 11.9. The van der Waals surface area contributed by atoms with Gasteiger partial charge in [0.15, 0.2) is 5.76 Å². The van der Waals surface area contributed by atoms with Crippen LogP contribution in [-0.4, -0.2) is 46.2 Å². The molecule has 26 heavy (non-hydrogen) atoms. The van der Waals surface area contributed by atoms with Crippen molar-refractivity contribution in [3.05, 3.63) is 48.3 Å². The fraction of sp³-hybridized carbons (Fsp3) is 0.350. The highest BCUT2D eigenvalue weighted by Gasteiger charge is 2.18. The number of anilines is 1. The van der Waals surface area contributed by atoms with E-state index in [-0.39, 0.29) is 0 Å². The van der Waals surface area contributed by atoms with Crippen molar-refractivity contribution in [2.24, 2.45) is 0 Å². The Balaban J connectivity index is 1.54. The summed E-state index contributed by atoms with van der Waals surface area (Å²) in [4.78, 5) is 11.5. The second-order valence-corrected chi connectivity index (χ2v) is 6.58. The smallest absolute Gasteiger partial charge is 0.223 e. The highest BCUT2D eigenvalue weighted by Crippen LogP contribution is 2.33. The summed E-state index contributed by atoms with van der Waals surface area (Å²) < 4.78 is 5.59. The van der Waals surface area contributed by atoms with Crippen LogP contribution in [0.2, 0.25) is 0 Å². The zero-order valence-electron chi connectivity index (χ0n) is 15.0. The van der Waals surface area contributed by atoms with Crippen molar-refractivity contribution < 1.29 is 4.52 Å². The number of aromatic nitrogens is 3. The Kier molecular flexibility index (Phi) is 4.93. The predicted octanol–water partition coefficient (Wildman–Crippen LogP) is 3.61. The lowest BCUT2D eigenvalue weighted by Crippen LogP contribution is -2.26. The Morgan fingerprint density at radius 3 is 2.73 bits per heavy atom. The maximum absolute atomic E-state index is 5.59. The van der Waals surface area contributed by atoms with Crippen LogP contribution < -0.4 is 5.32 Å². The standard InChI is InChI=1S/C20H23N5O/c1-15-18(19(26-24-15)16-7-3-2-4-8-16)17-9-10-21-20(23-17)22-11-14-25-12-5-6-13-25/h2-4,7-10H,5-6,11-14H2,1H3,(H,21,22,23). The number of nitrogens with one attached hydrogen (secondary N) is 1. The van der Waals surface area contributed by atoms with E-state index in [9.17, 15) is 0 Å². The van der Waals surface area contributed by atoms with Crippen LogP contribution >= 0.6 is 0 Å².